The van der Waals surface area contributed by atoms with Crippen LogP contribution in [0.25, 0.3) is 0 Å². The molecule has 2 saturated heterocycles. The average molecular weight is 575 g/mol. The molecule has 202 valence electrons. The van der Waals surface area contributed by atoms with Crippen molar-refractivity contribution in [2.45, 2.75) is 13.1 Å². The molecular weight excluding hydrogens is 543 g/mol. The zero-order valence-corrected chi connectivity index (χ0v) is 23.9. The summed E-state index contributed by atoms with van der Waals surface area (Å²) in [7, 11) is -8.30. The Balaban J connectivity index is 1.42. The monoisotopic (exact) mass is 575 g/mol. The largest absolute Gasteiger partial charge is 0.430 e. The van der Waals surface area contributed by atoms with Gasteiger partial charge in [0.05, 0.1) is 26.4 Å². The van der Waals surface area contributed by atoms with Crippen molar-refractivity contribution in [3.63, 3.8) is 0 Å². The summed E-state index contributed by atoms with van der Waals surface area (Å²) in [5, 5.41) is 0. The second-order valence-electron chi connectivity index (χ2n) is 10.1. The van der Waals surface area contributed by atoms with Gasteiger partial charge in [0, 0.05) is 63.5 Å². The summed E-state index contributed by atoms with van der Waals surface area (Å²) in [6, 6.07) is 16.7. The van der Waals surface area contributed by atoms with E-state index in [1.54, 1.807) is 0 Å². The van der Waals surface area contributed by atoms with Gasteiger partial charge in [0.1, 0.15) is 11.5 Å². The number of nitrogens with zero attached hydrogens (tertiary/aromatic N) is 7. The number of benzene rings is 2. The third-order valence-corrected chi connectivity index (χ3v) is 18.9. The van der Waals surface area contributed by atoms with Crippen LogP contribution in [-0.2, 0) is 22.6 Å². The molecule has 2 aromatic rings. The van der Waals surface area contributed by atoms with Crippen molar-refractivity contribution >= 4 is 22.7 Å². The van der Waals surface area contributed by atoms with Gasteiger partial charge in [0.2, 0.25) is 7.51 Å². The van der Waals surface area contributed by atoms with Crippen LogP contribution in [0.2, 0.25) is 0 Å². The molecule has 6 aliphatic heterocycles. The van der Waals surface area contributed by atoms with Crippen LogP contribution >= 0.6 is 22.7 Å². The van der Waals surface area contributed by atoms with Gasteiger partial charge in [-0.3, -0.25) is 0 Å². The molecule has 14 heteroatoms. The lowest BCUT2D eigenvalue weighted by molar-refractivity contribution is 0.0568. The number of morpholine rings is 2. The average Bonchev–Trinajstić information content (AvgIpc) is 3.06. The highest BCUT2D eigenvalue weighted by atomic mass is 31.3. The fraction of sp³-hybridized carbons (Fsp3) is 0.500. The van der Waals surface area contributed by atoms with Crippen LogP contribution in [0.15, 0.2) is 62.1 Å². The van der Waals surface area contributed by atoms with Crippen LogP contribution < -0.4 is 9.05 Å². The Morgan fingerprint density at radius 3 is 1.53 bits per heavy atom. The normalized spacial score (nSPS) is 32.8. The first kappa shape index (κ1) is 24.3. The maximum Gasteiger partial charge on any atom is 0.336 e. The Hall–Kier alpha value is -1.51. The highest BCUT2D eigenvalue weighted by Crippen LogP contribution is 2.84. The van der Waals surface area contributed by atoms with Gasteiger partial charge >= 0.3 is 15.2 Å². The molecule has 6 heterocycles. The number of para-hydroxylation sites is 2. The Kier molecular flexibility index (Phi) is 5.93. The molecule has 0 aromatic heterocycles. The second kappa shape index (κ2) is 9.27. The molecule has 2 bridgehead atoms. The number of fused-ring (bicyclic) bond motifs is 2. The van der Waals surface area contributed by atoms with E-state index in [9.17, 15) is 0 Å². The summed E-state index contributed by atoms with van der Waals surface area (Å²) < 4.78 is 52.6. The fourth-order valence-electron chi connectivity index (χ4n) is 5.92. The first-order chi connectivity index (χ1) is 18.7. The van der Waals surface area contributed by atoms with E-state index in [1.807, 2.05) is 12.1 Å². The highest BCUT2D eigenvalue weighted by Gasteiger charge is 2.55. The van der Waals surface area contributed by atoms with E-state index in [-0.39, 0.29) is 0 Å². The molecule has 6 aliphatic rings. The van der Waals surface area contributed by atoms with E-state index in [2.05, 4.69) is 55.1 Å². The third-order valence-electron chi connectivity index (χ3n) is 7.89. The van der Waals surface area contributed by atoms with Crippen molar-refractivity contribution < 1.29 is 18.5 Å². The highest BCUT2D eigenvalue weighted by molar-refractivity contribution is 7.81. The molecule has 0 N–H and O–H groups in total. The Labute approximate surface area is 223 Å². The number of hydrogen-bond acceptors (Lipinski definition) is 11. The fourth-order valence-corrected chi connectivity index (χ4v) is 19.5. The number of ether oxygens (including phenoxy) is 2. The molecule has 2 atom stereocenters. The molecule has 8 rings (SSSR count). The van der Waals surface area contributed by atoms with Crippen LogP contribution in [-0.4, -0.2) is 84.4 Å². The molecule has 0 radical (unpaired) electrons. The zero-order valence-electron chi connectivity index (χ0n) is 21.2. The lowest BCUT2D eigenvalue weighted by Crippen LogP contribution is -2.43. The molecular formula is C24H32N7O4P3. The first-order valence-corrected chi connectivity index (χ1v) is 18.1. The first-order valence-electron chi connectivity index (χ1n) is 13.3. The lowest BCUT2D eigenvalue weighted by atomic mass is 10.2. The summed E-state index contributed by atoms with van der Waals surface area (Å²) in [4.78, 5) is 0. The smallest absolute Gasteiger partial charge is 0.336 e. The van der Waals surface area contributed by atoms with E-state index >= 15 is 0 Å². The summed E-state index contributed by atoms with van der Waals surface area (Å²) in [5.41, 5.74) is 2.37. The predicted octanol–water partition coefficient (Wildman–Crippen LogP) is 5.31. The molecule has 0 saturated carbocycles. The predicted molar refractivity (Wildman–Crippen MR) is 148 cm³/mol. The summed E-state index contributed by atoms with van der Waals surface area (Å²) >= 11 is 0. The standard InChI is InChI=1S/C24H32N7O4P3/c1-3-7-23-21(5-1)19-30-9-10-31-20-22-6-2-4-8-24(22)35-38(31)26-36(25-37(30,27-38)34-23,28-11-15-32-16-12-28)29-13-17-33-18-14-29/h1-8H,9-20H2. The van der Waals surface area contributed by atoms with Crippen LogP contribution in [0.4, 0.5) is 0 Å². The molecule has 2 aromatic carbocycles. The van der Waals surface area contributed by atoms with Gasteiger partial charge in [-0.05, 0) is 12.1 Å². The Morgan fingerprint density at radius 1 is 0.526 bits per heavy atom. The SMILES string of the molecule is c1ccc2c(c1)CN1CCN3Cc4ccccc4OP34=NP(N3CCOCC3)(N3CCOCC3)=NP1(=N4)O2. The molecule has 0 aliphatic carbocycles. The van der Waals surface area contributed by atoms with Crippen molar-refractivity contribution in [1.29, 1.82) is 0 Å². The van der Waals surface area contributed by atoms with Crippen LogP contribution in [0.1, 0.15) is 11.1 Å². The van der Waals surface area contributed by atoms with Gasteiger partial charge in [0.15, 0.2) is 0 Å². The molecule has 2 fully saturated rings. The van der Waals surface area contributed by atoms with E-state index in [0.29, 0.717) is 26.4 Å². The van der Waals surface area contributed by atoms with Gasteiger partial charge < -0.3 is 18.5 Å². The van der Waals surface area contributed by atoms with Gasteiger partial charge in [-0.2, -0.15) is 9.03 Å². The maximum atomic E-state index is 7.02. The van der Waals surface area contributed by atoms with Crippen LogP contribution in [0, 0.1) is 0 Å². The third kappa shape index (κ3) is 3.76. The van der Waals surface area contributed by atoms with Gasteiger partial charge in [0.25, 0.3) is 0 Å². The molecule has 2 spiro atoms. The maximum absolute atomic E-state index is 7.02. The van der Waals surface area contributed by atoms with E-state index in [1.165, 1.54) is 11.1 Å². The van der Waals surface area contributed by atoms with E-state index in [0.717, 1.165) is 63.9 Å². The molecule has 2 unspecified atom stereocenters. The van der Waals surface area contributed by atoms with Crippen LogP contribution in [0.5, 0.6) is 11.5 Å². The van der Waals surface area contributed by atoms with Crippen molar-refractivity contribution in [3.8, 4) is 11.5 Å². The van der Waals surface area contributed by atoms with E-state index < -0.39 is 22.7 Å². The summed E-state index contributed by atoms with van der Waals surface area (Å²) in [6.07, 6.45) is 0. The minimum absolute atomic E-state index is 0.673. The second-order valence-corrected chi connectivity index (χ2v) is 18.0. The minimum atomic E-state index is -2.83. The lowest BCUT2D eigenvalue weighted by Gasteiger charge is -2.49. The van der Waals surface area contributed by atoms with Crippen molar-refractivity contribution in [3.05, 3.63) is 59.7 Å². The summed E-state index contributed by atoms with van der Waals surface area (Å²) in [6.45, 7) is 8.98. The van der Waals surface area contributed by atoms with Gasteiger partial charge in [-0.25, -0.2) is 18.7 Å². The van der Waals surface area contributed by atoms with Crippen molar-refractivity contribution in [2.75, 3.05) is 65.7 Å². The number of hydrogen-bond donors (Lipinski definition) is 0. The Bertz CT molecular complexity index is 1360. The molecule has 11 nitrogen and oxygen atoms in total. The van der Waals surface area contributed by atoms with Gasteiger partial charge in [-0.1, -0.05) is 36.4 Å². The minimum Gasteiger partial charge on any atom is -0.430 e. The molecule has 38 heavy (non-hydrogen) atoms. The molecule has 0 amide bonds. The van der Waals surface area contributed by atoms with Crippen molar-refractivity contribution in [2.24, 2.45) is 13.5 Å². The topological polar surface area (TPSA) is 87.0 Å². The van der Waals surface area contributed by atoms with E-state index in [4.69, 9.17) is 32.1 Å². The quantitative estimate of drug-likeness (QED) is 0.446. The van der Waals surface area contributed by atoms with Gasteiger partial charge in [-0.15, -0.1) is 4.52 Å². The van der Waals surface area contributed by atoms with Crippen molar-refractivity contribution in [1.82, 2.24) is 18.7 Å². The summed E-state index contributed by atoms with van der Waals surface area (Å²) in [5.74, 6) is 1.77. The van der Waals surface area contributed by atoms with Crippen LogP contribution in [0.3, 0.4) is 0 Å². The number of rotatable bonds is 2. The Morgan fingerprint density at radius 2 is 1.00 bits per heavy atom. The zero-order chi connectivity index (χ0) is 25.2.